The van der Waals surface area contributed by atoms with Crippen LogP contribution in [0, 0.1) is 5.92 Å². The number of ether oxygens (including phenoxy) is 1. The first-order valence-electron chi connectivity index (χ1n) is 7.48. The Bertz CT molecular complexity index is 700. The highest BCUT2D eigenvalue weighted by molar-refractivity contribution is 8.26. The smallest absolute Gasteiger partial charge is 0.326 e. The van der Waals surface area contributed by atoms with Crippen molar-refractivity contribution in [1.82, 2.24) is 4.90 Å². The number of amides is 1. The molecule has 0 aliphatic carbocycles. The molecule has 1 amide bonds. The van der Waals surface area contributed by atoms with Crippen LogP contribution in [0.5, 0.6) is 5.75 Å². The average Bonchev–Trinajstić information content (AvgIpc) is 2.79. The number of carbonyl (C=O) groups is 2. The average molecular weight is 365 g/mol. The molecule has 0 spiro atoms. The first kappa shape index (κ1) is 18.5. The summed E-state index contributed by atoms with van der Waals surface area (Å²) in [5.41, 5.74) is 0.747. The minimum absolute atomic E-state index is 0.133. The Hall–Kier alpha value is -1.86. The molecule has 128 valence electrons. The summed E-state index contributed by atoms with van der Waals surface area (Å²) in [4.78, 5) is 25.9. The summed E-state index contributed by atoms with van der Waals surface area (Å²) in [6, 6.07) is 6.36. The van der Waals surface area contributed by atoms with E-state index >= 15 is 0 Å². The highest BCUT2D eigenvalue weighted by Crippen LogP contribution is 2.36. The van der Waals surface area contributed by atoms with E-state index in [4.69, 9.17) is 17.0 Å². The van der Waals surface area contributed by atoms with Gasteiger partial charge in [0.2, 0.25) is 0 Å². The van der Waals surface area contributed by atoms with Crippen molar-refractivity contribution in [2.24, 2.45) is 5.92 Å². The van der Waals surface area contributed by atoms with Crippen LogP contribution >= 0.6 is 24.0 Å². The number of hydrogen-bond acceptors (Lipinski definition) is 5. The molecule has 1 unspecified atom stereocenters. The van der Waals surface area contributed by atoms with Crippen LogP contribution in [0.25, 0.3) is 6.08 Å². The maximum Gasteiger partial charge on any atom is 0.326 e. The number of methoxy groups -OCH3 is 1. The number of hydrogen-bond donors (Lipinski definition) is 1. The standard InChI is InChI=1S/C17H19NO4S2/c1-10(2)8-12(16(20)21)18-15(19)14(24-17(18)23)9-11-6-4-5-7-13(11)22-3/h4-7,9-10,12H,8H2,1-3H3,(H,20,21). The molecule has 1 aromatic carbocycles. The summed E-state index contributed by atoms with van der Waals surface area (Å²) < 4.78 is 5.55. The summed E-state index contributed by atoms with van der Waals surface area (Å²) >= 11 is 6.37. The highest BCUT2D eigenvalue weighted by atomic mass is 32.2. The molecule has 5 nitrogen and oxygen atoms in total. The van der Waals surface area contributed by atoms with Gasteiger partial charge >= 0.3 is 5.97 Å². The maximum atomic E-state index is 12.7. The summed E-state index contributed by atoms with van der Waals surface area (Å²) in [6.07, 6.45) is 2.04. The van der Waals surface area contributed by atoms with E-state index in [-0.39, 0.29) is 16.1 Å². The van der Waals surface area contributed by atoms with Gasteiger partial charge in [-0.3, -0.25) is 9.69 Å². The Kier molecular flexibility index (Phi) is 6.01. The van der Waals surface area contributed by atoms with Crippen LogP contribution in [0.1, 0.15) is 25.8 Å². The third kappa shape index (κ3) is 3.96. The van der Waals surface area contributed by atoms with Gasteiger partial charge < -0.3 is 9.84 Å². The molecular formula is C17H19NO4S2. The fourth-order valence-electron chi connectivity index (χ4n) is 2.44. The molecule has 24 heavy (non-hydrogen) atoms. The van der Waals surface area contributed by atoms with E-state index in [0.717, 1.165) is 17.3 Å². The van der Waals surface area contributed by atoms with Crippen molar-refractivity contribution < 1.29 is 19.4 Å². The van der Waals surface area contributed by atoms with Crippen LogP contribution in [-0.4, -0.2) is 39.4 Å². The first-order chi connectivity index (χ1) is 11.3. The van der Waals surface area contributed by atoms with E-state index in [1.165, 1.54) is 4.90 Å². The molecule has 1 aliphatic rings. The summed E-state index contributed by atoms with van der Waals surface area (Å²) in [5.74, 6) is -0.642. The zero-order valence-corrected chi connectivity index (χ0v) is 15.3. The van der Waals surface area contributed by atoms with Crippen LogP contribution in [0.4, 0.5) is 0 Å². The van der Waals surface area contributed by atoms with Crippen molar-refractivity contribution in [1.29, 1.82) is 0 Å². The topological polar surface area (TPSA) is 66.8 Å². The minimum atomic E-state index is -1.04. The molecule has 0 radical (unpaired) electrons. The number of carboxylic acids is 1. The van der Waals surface area contributed by atoms with Gasteiger partial charge in [-0.2, -0.15) is 0 Å². The number of benzene rings is 1. The predicted molar refractivity (Wildman–Crippen MR) is 98.9 cm³/mol. The third-order valence-corrected chi connectivity index (χ3v) is 4.87. The Morgan fingerprint density at radius 2 is 2.08 bits per heavy atom. The Morgan fingerprint density at radius 3 is 2.67 bits per heavy atom. The number of carboxylic acid groups (broad SMARTS) is 1. The van der Waals surface area contributed by atoms with Gasteiger partial charge in [0, 0.05) is 5.56 Å². The van der Waals surface area contributed by atoms with Gasteiger partial charge in [-0.05, 0) is 24.5 Å². The van der Waals surface area contributed by atoms with Gasteiger partial charge in [-0.1, -0.05) is 56.0 Å². The van der Waals surface area contributed by atoms with Gasteiger partial charge in [0.15, 0.2) is 0 Å². The van der Waals surface area contributed by atoms with E-state index in [2.05, 4.69) is 0 Å². The molecule has 1 saturated heterocycles. The molecule has 1 aliphatic heterocycles. The molecule has 0 aromatic heterocycles. The lowest BCUT2D eigenvalue weighted by Crippen LogP contribution is -2.44. The van der Waals surface area contributed by atoms with Crippen LogP contribution in [0.2, 0.25) is 0 Å². The maximum absolute atomic E-state index is 12.7. The quantitative estimate of drug-likeness (QED) is 0.616. The first-order valence-corrected chi connectivity index (χ1v) is 8.70. The zero-order chi connectivity index (χ0) is 17.9. The van der Waals surface area contributed by atoms with Crippen molar-refractivity contribution in [2.45, 2.75) is 26.3 Å². The van der Waals surface area contributed by atoms with E-state index in [0.29, 0.717) is 17.1 Å². The lowest BCUT2D eigenvalue weighted by Gasteiger charge is -2.24. The van der Waals surface area contributed by atoms with Gasteiger partial charge in [-0.25, -0.2) is 4.79 Å². The molecule has 1 N–H and O–H groups in total. The number of carbonyl (C=O) groups excluding carboxylic acids is 1. The van der Waals surface area contributed by atoms with Crippen molar-refractivity contribution in [3.63, 3.8) is 0 Å². The normalized spacial score (nSPS) is 17.7. The van der Waals surface area contributed by atoms with E-state index in [1.54, 1.807) is 19.3 Å². The number of para-hydroxylation sites is 1. The van der Waals surface area contributed by atoms with Crippen LogP contribution < -0.4 is 4.74 Å². The van der Waals surface area contributed by atoms with Crippen molar-refractivity contribution in [2.75, 3.05) is 7.11 Å². The highest BCUT2D eigenvalue weighted by Gasteiger charge is 2.40. The molecule has 1 aromatic rings. The van der Waals surface area contributed by atoms with Crippen LogP contribution in [0.3, 0.4) is 0 Å². The second-order valence-electron chi connectivity index (χ2n) is 5.78. The Labute approximate surface area is 150 Å². The van der Waals surface area contributed by atoms with E-state index < -0.39 is 12.0 Å². The SMILES string of the molecule is COc1ccccc1C=C1SC(=S)N(C(CC(C)C)C(=O)O)C1=O. The molecular weight excluding hydrogens is 346 g/mol. The van der Waals surface area contributed by atoms with Crippen molar-refractivity contribution >= 4 is 46.3 Å². The third-order valence-electron chi connectivity index (χ3n) is 3.54. The molecule has 1 atom stereocenters. The number of aliphatic carboxylic acids is 1. The van der Waals surface area contributed by atoms with Gasteiger partial charge in [0.05, 0.1) is 12.0 Å². The second-order valence-corrected chi connectivity index (χ2v) is 7.45. The summed E-state index contributed by atoms with van der Waals surface area (Å²) in [5, 5.41) is 9.47. The monoisotopic (exact) mass is 365 g/mol. The van der Waals surface area contributed by atoms with Gasteiger partial charge in [0.1, 0.15) is 16.1 Å². The molecule has 1 fully saturated rings. The van der Waals surface area contributed by atoms with Crippen molar-refractivity contribution in [3.8, 4) is 5.75 Å². The molecule has 0 bridgehead atoms. The van der Waals surface area contributed by atoms with Crippen LogP contribution in [0.15, 0.2) is 29.2 Å². The van der Waals surface area contributed by atoms with Crippen molar-refractivity contribution in [3.05, 3.63) is 34.7 Å². The summed E-state index contributed by atoms with van der Waals surface area (Å²) in [7, 11) is 1.56. The number of thiocarbonyl (C=S) groups is 1. The van der Waals surface area contributed by atoms with Gasteiger partial charge in [0.25, 0.3) is 5.91 Å². The largest absolute Gasteiger partial charge is 0.496 e. The molecule has 7 heteroatoms. The summed E-state index contributed by atoms with van der Waals surface area (Å²) in [6.45, 7) is 3.83. The molecule has 2 rings (SSSR count). The number of nitrogens with zero attached hydrogens (tertiary/aromatic N) is 1. The van der Waals surface area contributed by atoms with E-state index in [9.17, 15) is 14.7 Å². The number of thioether (sulfide) groups is 1. The van der Waals surface area contributed by atoms with Crippen LogP contribution in [-0.2, 0) is 9.59 Å². The number of rotatable bonds is 6. The lowest BCUT2D eigenvalue weighted by molar-refractivity contribution is -0.145. The molecule has 1 heterocycles. The predicted octanol–water partition coefficient (Wildman–Crippen LogP) is 3.40. The zero-order valence-electron chi connectivity index (χ0n) is 13.7. The minimum Gasteiger partial charge on any atom is -0.496 e. The van der Waals surface area contributed by atoms with Gasteiger partial charge in [-0.15, -0.1) is 0 Å². The Balaban J connectivity index is 2.34. The fourth-order valence-corrected chi connectivity index (χ4v) is 3.79. The Morgan fingerprint density at radius 1 is 1.42 bits per heavy atom. The fraction of sp³-hybridized carbons (Fsp3) is 0.353. The molecule has 0 saturated carbocycles. The van der Waals surface area contributed by atoms with E-state index in [1.807, 2.05) is 32.0 Å². The second kappa shape index (κ2) is 7.81. The lowest BCUT2D eigenvalue weighted by atomic mass is 10.0.